The Kier molecular flexibility index (Phi) is 4.88. The molecule has 1 fully saturated rings. The number of imide groups is 1. The van der Waals surface area contributed by atoms with Crippen molar-refractivity contribution < 1.29 is 14.4 Å². The van der Waals surface area contributed by atoms with Gasteiger partial charge < -0.3 is 10.2 Å². The van der Waals surface area contributed by atoms with E-state index in [1.165, 1.54) is 4.88 Å². The summed E-state index contributed by atoms with van der Waals surface area (Å²) in [4.78, 5) is 45.5. The number of fused-ring (bicyclic) bond motifs is 3. The summed E-state index contributed by atoms with van der Waals surface area (Å²) in [5, 5.41) is 6.99. The molecule has 2 aromatic heterocycles. The number of carbonyl (C=O) groups is 3. The third-order valence-electron chi connectivity index (χ3n) is 7.03. The minimum Gasteiger partial charge on any atom is -0.330 e. The van der Waals surface area contributed by atoms with Gasteiger partial charge in [0.2, 0.25) is 5.91 Å². The molecule has 168 valence electrons. The van der Waals surface area contributed by atoms with Crippen molar-refractivity contribution in [1.82, 2.24) is 15.1 Å². The van der Waals surface area contributed by atoms with Crippen LogP contribution in [0.1, 0.15) is 45.3 Å². The zero-order chi connectivity index (χ0) is 22.6. The van der Waals surface area contributed by atoms with Gasteiger partial charge in [-0.3, -0.25) is 14.5 Å². The quantitative estimate of drug-likeness (QED) is 0.578. The summed E-state index contributed by atoms with van der Waals surface area (Å²) in [5.74, 6) is -0.507. The predicted molar refractivity (Wildman–Crippen MR) is 127 cm³/mol. The van der Waals surface area contributed by atoms with Gasteiger partial charge in [-0.2, -0.15) is 0 Å². The van der Waals surface area contributed by atoms with Crippen LogP contribution in [0.15, 0.2) is 53.2 Å². The van der Waals surface area contributed by atoms with E-state index in [-0.39, 0.29) is 24.4 Å². The molecule has 6 nitrogen and oxygen atoms in total. The first-order chi connectivity index (χ1) is 16.1. The number of nitrogens with zero attached hydrogens (tertiary/aromatic N) is 2. The van der Waals surface area contributed by atoms with Crippen molar-refractivity contribution in [1.29, 1.82) is 0 Å². The average molecular weight is 478 g/mol. The minimum atomic E-state index is -1.02. The maximum absolute atomic E-state index is 13.6. The highest BCUT2D eigenvalue weighted by molar-refractivity contribution is 7.10. The van der Waals surface area contributed by atoms with Crippen LogP contribution in [0.3, 0.4) is 0 Å². The van der Waals surface area contributed by atoms with Crippen LogP contribution in [-0.4, -0.2) is 40.7 Å². The van der Waals surface area contributed by atoms with Gasteiger partial charge in [0, 0.05) is 21.9 Å². The summed E-state index contributed by atoms with van der Waals surface area (Å²) in [6, 6.07) is 13.3. The van der Waals surface area contributed by atoms with E-state index in [0.717, 1.165) is 45.7 Å². The Hall–Kier alpha value is -2.97. The number of nitrogens with one attached hydrogen (secondary N) is 1. The number of carbonyl (C=O) groups excluding carboxylic acids is 3. The highest BCUT2D eigenvalue weighted by Gasteiger charge is 2.55. The van der Waals surface area contributed by atoms with Crippen LogP contribution in [0.2, 0.25) is 0 Å². The highest BCUT2D eigenvalue weighted by Crippen LogP contribution is 2.42. The molecule has 1 spiro atoms. The number of hydrogen-bond donors (Lipinski definition) is 1. The molecule has 6 rings (SSSR count). The topological polar surface area (TPSA) is 69.7 Å². The molecule has 1 aromatic carbocycles. The third-order valence-corrected chi connectivity index (χ3v) is 9.01. The molecule has 4 amide bonds. The SMILES string of the molecule is O=C1NC2(CCCc3sccc32)C(=O)N1CC(=O)N1CCc2sccc2C1c1ccccc1. The minimum absolute atomic E-state index is 0.206. The summed E-state index contributed by atoms with van der Waals surface area (Å²) in [7, 11) is 0. The fourth-order valence-corrected chi connectivity index (χ4v) is 7.39. The summed E-state index contributed by atoms with van der Waals surface area (Å²) >= 11 is 3.34. The monoisotopic (exact) mass is 477 g/mol. The summed E-state index contributed by atoms with van der Waals surface area (Å²) < 4.78 is 0. The first-order valence-electron chi connectivity index (χ1n) is 11.2. The summed E-state index contributed by atoms with van der Waals surface area (Å²) in [6.45, 7) is 0.323. The summed E-state index contributed by atoms with van der Waals surface area (Å²) in [6.07, 6.45) is 3.11. The molecular formula is C25H23N3O3S2. The van der Waals surface area contributed by atoms with Crippen LogP contribution >= 0.6 is 22.7 Å². The van der Waals surface area contributed by atoms with Crippen LogP contribution in [0, 0.1) is 0 Å². The van der Waals surface area contributed by atoms with Gasteiger partial charge in [-0.25, -0.2) is 4.79 Å². The van der Waals surface area contributed by atoms with E-state index in [4.69, 9.17) is 0 Å². The van der Waals surface area contributed by atoms with Crippen LogP contribution < -0.4 is 5.32 Å². The fourth-order valence-electron chi connectivity index (χ4n) is 5.49. The van der Waals surface area contributed by atoms with E-state index >= 15 is 0 Å². The Morgan fingerprint density at radius 3 is 2.67 bits per heavy atom. The van der Waals surface area contributed by atoms with Crippen LogP contribution in [0.25, 0.3) is 0 Å². The molecule has 2 atom stereocenters. The molecule has 3 aliphatic rings. The van der Waals surface area contributed by atoms with E-state index in [9.17, 15) is 14.4 Å². The van der Waals surface area contributed by atoms with Crippen molar-refractivity contribution in [3.8, 4) is 0 Å². The van der Waals surface area contributed by atoms with Gasteiger partial charge in [-0.15, -0.1) is 22.7 Å². The van der Waals surface area contributed by atoms with Crippen LogP contribution in [0.5, 0.6) is 0 Å². The van der Waals surface area contributed by atoms with E-state index in [1.807, 2.05) is 46.7 Å². The van der Waals surface area contributed by atoms with E-state index in [0.29, 0.717) is 13.0 Å². The number of rotatable bonds is 3. The van der Waals surface area contributed by atoms with Crippen LogP contribution in [-0.2, 0) is 28.0 Å². The lowest BCUT2D eigenvalue weighted by Gasteiger charge is -2.37. The molecule has 0 radical (unpaired) electrons. The first-order valence-corrected chi connectivity index (χ1v) is 13.0. The lowest BCUT2D eigenvalue weighted by atomic mass is 9.80. The van der Waals surface area contributed by atoms with Crippen LogP contribution in [0.4, 0.5) is 4.79 Å². The normalized spacial score (nSPS) is 24.1. The van der Waals surface area contributed by atoms with Gasteiger partial charge in [-0.1, -0.05) is 30.3 Å². The van der Waals surface area contributed by atoms with Gasteiger partial charge in [0.25, 0.3) is 5.91 Å². The standard InChI is InChI=1S/C25H23N3O3S2/c29-21(27-12-8-19-17(9-13-32-19)22(27)16-5-2-1-3-6-16)15-28-23(30)25(26-24(28)31)11-4-7-20-18(25)10-14-33-20/h1-3,5-6,9-10,13-14,22H,4,7-8,11-12,15H2,(H,26,31). The molecule has 1 aliphatic carbocycles. The molecule has 2 aliphatic heterocycles. The van der Waals surface area contributed by atoms with E-state index in [1.54, 1.807) is 22.7 Å². The molecule has 2 unspecified atom stereocenters. The lowest BCUT2D eigenvalue weighted by molar-refractivity contribution is -0.140. The molecule has 8 heteroatoms. The number of thiophene rings is 2. The molecule has 3 aromatic rings. The number of hydrogen-bond acceptors (Lipinski definition) is 5. The Bertz CT molecular complexity index is 1250. The maximum atomic E-state index is 13.6. The van der Waals surface area contributed by atoms with Gasteiger partial charge in [-0.05, 0) is 59.7 Å². The number of amides is 4. The highest BCUT2D eigenvalue weighted by atomic mass is 32.1. The predicted octanol–water partition coefficient (Wildman–Crippen LogP) is 4.07. The average Bonchev–Trinajstić information content (AvgIpc) is 3.55. The maximum Gasteiger partial charge on any atom is 0.325 e. The second kappa shape index (κ2) is 7.81. The van der Waals surface area contributed by atoms with Crippen molar-refractivity contribution in [2.75, 3.05) is 13.1 Å². The third kappa shape index (κ3) is 3.15. The molecule has 4 heterocycles. The van der Waals surface area contributed by atoms with Crippen molar-refractivity contribution in [3.63, 3.8) is 0 Å². The zero-order valence-corrected chi connectivity index (χ0v) is 19.6. The smallest absolute Gasteiger partial charge is 0.325 e. The number of benzene rings is 1. The van der Waals surface area contributed by atoms with Crippen molar-refractivity contribution >= 4 is 40.5 Å². The van der Waals surface area contributed by atoms with Gasteiger partial charge in [0.15, 0.2) is 0 Å². The summed E-state index contributed by atoms with van der Waals surface area (Å²) in [5.41, 5.74) is 2.05. The Morgan fingerprint density at radius 2 is 1.82 bits per heavy atom. The Balaban J connectivity index is 1.29. The van der Waals surface area contributed by atoms with Gasteiger partial charge in [0.1, 0.15) is 12.1 Å². The molecule has 33 heavy (non-hydrogen) atoms. The first kappa shape index (κ1) is 20.6. The molecule has 0 bridgehead atoms. The fraction of sp³-hybridized carbons (Fsp3) is 0.320. The van der Waals surface area contributed by atoms with Crippen molar-refractivity contribution in [2.24, 2.45) is 0 Å². The largest absolute Gasteiger partial charge is 0.330 e. The molecule has 1 saturated heterocycles. The lowest BCUT2D eigenvalue weighted by Crippen LogP contribution is -2.48. The Morgan fingerprint density at radius 1 is 1.03 bits per heavy atom. The van der Waals surface area contributed by atoms with Gasteiger partial charge >= 0.3 is 6.03 Å². The second-order valence-electron chi connectivity index (χ2n) is 8.79. The van der Waals surface area contributed by atoms with Crippen molar-refractivity contribution in [3.05, 3.63) is 79.7 Å². The van der Waals surface area contributed by atoms with E-state index < -0.39 is 11.6 Å². The number of aryl methyl sites for hydroxylation is 1. The molecule has 0 saturated carbocycles. The van der Waals surface area contributed by atoms with Crippen molar-refractivity contribution in [2.45, 2.75) is 37.3 Å². The zero-order valence-electron chi connectivity index (χ0n) is 18.0. The Labute approximate surface area is 199 Å². The molecular weight excluding hydrogens is 454 g/mol. The number of urea groups is 1. The second-order valence-corrected chi connectivity index (χ2v) is 10.8. The van der Waals surface area contributed by atoms with Gasteiger partial charge in [0.05, 0.1) is 6.04 Å². The van der Waals surface area contributed by atoms with E-state index in [2.05, 4.69) is 16.8 Å². The molecule has 1 N–H and O–H groups in total.